The van der Waals surface area contributed by atoms with E-state index >= 15 is 0 Å². The van der Waals surface area contributed by atoms with Gasteiger partial charge in [-0.25, -0.2) is 13.1 Å². The van der Waals surface area contributed by atoms with Gasteiger partial charge in [-0.15, -0.1) is 0 Å². The zero-order chi connectivity index (χ0) is 19.9. The van der Waals surface area contributed by atoms with Crippen LogP contribution in [0.3, 0.4) is 0 Å². The number of unbranched alkanes of at least 4 members (excludes halogenated alkanes) is 1. The van der Waals surface area contributed by atoms with Crippen LogP contribution in [0.2, 0.25) is 0 Å². The van der Waals surface area contributed by atoms with Gasteiger partial charge in [0.1, 0.15) is 5.75 Å². The fraction of sp³-hybridized carbons (Fsp3) is 0.316. The Labute approximate surface area is 168 Å². The number of amides is 1. The highest BCUT2D eigenvalue weighted by Crippen LogP contribution is 2.19. The number of benzene rings is 2. The van der Waals surface area contributed by atoms with Crippen LogP contribution in [0.25, 0.3) is 0 Å². The lowest BCUT2D eigenvalue weighted by Crippen LogP contribution is -2.30. The third-order valence-corrected chi connectivity index (χ3v) is 5.72. The third kappa shape index (κ3) is 6.64. The predicted octanol–water partition coefficient (Wildman–Crippen LogP) is 3.93. The SMILES string of the molecule is CCCCNS(=O)(=O)c1cccc(NC(=O)C(C)Oc2ccc(Br)cc2)c1. The quantitative estimate of drug-likeness (QED) is 0.562. The van der Waals surface area contributed by atoms with E-state index in [0.717, 1.165) is 17.3 Å². The summed E-state index contributed by atoms with van der Waals surface area (Å²) in [5, 5.41) is 2.69. The van der Waals surface area contributed by atoms with Crippen molar-refractivity contribution in [3.8, 4) is 5.75 Å². The molecule has 0 aliphatic carbocycles. The van der Waals surface area contributed by atoms with Gasteiger partial charge in [-0.2, -0.15) is 0 Å². The minimum atomic E-state index is -3.60. The van der Waals surface area contributed by atoms with Gasteiger partial charge in [0.2, 0.25) is 10.0 Å². The Bertz CT molecular complexity index is 870. The molecule has 0 saturated carbocycles. The number of carbonyl (C=O) groups excluding carboxylic acids is 1. The lowest BCUT2D eigenvalue weighted by molar-refractivity contribution is -0.122. The van der Waals surface area contributed by atoms with E-state index in [0.29, 0.717) is 18.0 Å². The van der Waals surface area contributed by atoms with Gasteiger partial charge >= 0.3 is 0 Å². The normalized spacial score (nSPS) is 12.4. The topological polar surface area (TPSA) is 84.5 Å². The summed E-state index contributed by atoms with van der Waals surface area (Å²) < 4.78 is 33.7. The molecule has 2 aromatic carbocycles. The van der Waals surface area contributed by atoms with Crippen LogP contribution >= 0.6 is 15.9 Å². The first-order valence-electron chi connectivity index (χ1n) is 8.64. The van der Waals surface area contributed by atoms with Crippen molar-refractivity contribution in [2.75, 3.05) is 11.9 Å². The van der Waals surface area contributed by atoms with Crippen molar-refractivity contribution >= 4 is 37.5 Å². The van der Waals surface area contributed by atoms with Crippen molar-refractivity contribution in [1.29, 1.82) is 0 Å². The first-order valence-corrected chi connectivity index (χ1v) is 10.9. The highest BCUT2D eigenvalue weighted by Gasteiger charge is 2.17. The fourth-order valence-corrected chi connectivity index (χ4v) is 3.61. The Balaban J connectivity index is 2.02. The molecule has 0 aliphatic rings. The summed E-state index contributed by atoms with van der Waals surface area (Å²) in [4.78, 5) is 12.5. The number of hydrogen-bond donors (Lipinski definition) is 2. The number of halogens is 1. The molecule has 1 amide bonds. The monoisotopic (exact) mass is 454 g/mol. The Morgan fingerprint density at radius 1 is 1.19 bits per heavy atom. The van der Waals surface area contributed by atoms with Crippen LogP contribution in [0, 0.1) is 0 Å². The summed E-state index contributed by atoms with van der Waals surface area (Å²) in [7, 11) is -3.60. The second-order valence-electron chi connectivity index (χ2n) is 5.98. The van der Waals surface area contributed by atoms with Crippen molar-refractivity contribution in [2.45, 2.75) is 37.7 Å². The molecule has 1 unspecified atom stereocenters. The molecule has 2 aromatic rings. The summed E-state index contributed by atoms with van der Waals surface area (Å²) in [6, 6.07) is 13.3. The lowest BCUT2D eigenvalue weighted by Gasteiger charge is -2.15. The van der Waals surface area contributed by atoms with E-state index in [1.807, 2.05) is 19.1 Å². The van der Waals surface area contributed by atoms with E-state index in [4.69, 9.17) is 4.74 Å². The van der Waals surface area contributed by atoms with Gasteiger partial charge in [0.15, 0.2) is 6.10 Å². The molecular weight excluding hydrogens is 432 g/mol. The van der Waals surface area contributed by atoms with Crippen molar-refractivity contribution in [1.82, 2.24) is 4.72 Å². The number of sulfonamides is 1. The Morgan fingerprint density at radius 2 is 1.89 bits per heavy atom. The molecule has 0 aliphatic heterocycles. The van der Waals surface area contributed by atoms with Gasteiger partial charge in [0, 0.05) is 16.7 Å². The van der Waals surface area contributed by atoms with Crippen LogP contribution in [0.5, 0.6) is 5.75 Å². The fourth-order valence-electron chi connectivity index (χ4n) is 2.22. The summed E-state index contributed by atoms with van der Waals surface area (Å²) in [6.45, 7) is 4.00. The molecule has 2 N–H and O–H groups in total. The number of carbonyl (C=O) groups is 1. The van der Waals surface area contributed by atoms with Crippen LogP contribution in [-0.2, 0) is 14.8 Å². The zero-order valence-corrected chi connectivity index (χ0v) is 17.6. The first-order chi connectivity index (χ1) is 12.8. The molecule has 0 bridgehead atoms. The number of ether oxygens (including phenoxy) is 1. The molecule has 146 valence electrons. The van der Waals surface area contributed by atoms with Gasteiger partial charge in [0.25, 0.3) is 5.91 Å². The molecular formula is C19H23BrN2O4S. The van der Waals surface area contributed by atoms with E-state index in [-0.39, 0.29) is 10.8 Å². The van der Waals surface area contributed by atoms with Crippen molar-refractivity contribution in [3.05, 3.63) is 53.0 Å². The van der Waals surface area contributed by atoms with E-state index in [1.54, 1.807) is 31.2 Å². The maximum atomic E-state index is 12.3. The largest absolute Gasteiger partial charge is 0.481 e. The number of rotatable bonds is 9. The lowest BCUT2D eigenvalue weighted by atomic mass is 10.3. The summed E-state index contributed by atoms with van der Waals surface area (Å²) in [5.41, 5.74) is 0.393. The standard InChI is InChI=1S/C19H23BrN2O4S/c1-3-4-12-21-27(24,25)18-7-5-6-16(13-18)22-19(23)14(2)26-17-10-8-15(20)9-11-17/h5-11,13-14,21H,3-4,12H2,1-2H3,(H,22,23). The van der Waals surface area contributed by atoms with Crippen LogP contribution in [0.15, 0.2) is 57.9 Å². The van der Waals surface area contributed by atoms with Crippen LogP contribution < -0.4 is 14.8 Å². The molecule has 27 heavy (non-hydrogen) atoms. The van der Waals surface area contributed by atoms with Gasteiger partial charge in [0.05, 0.1) is 4.90 Å². The molecule has 0 fully saturated rings. The minimum Gasteiger partial charge on any atom is -0.481 e. The molecule has 0 saturated heterocycles. The van der Waals surface area contributed by atoms with E-state index < -0.39 is 16.1 Å². The van der Waals surface area contributed by atoms with E-state index in [1.165, 1.54) is 12.1 Å². The highest BCUT2D eigenvalue weighted by atomic mass is 79.9. The molecule has 2 rings (SSSR count). The first kappa shape index (κ1) is 21.4. The Morgan fingerprint density at radius 3 is 2.56 bits per heavy atom. The second-order valence-corrected chi connectivity index (χ2v) is 8.67. The Hall–Kier alpha value is -1.90. The predicted molar refractivity (Wildman–Crippen MR) is 109 cm³/mol. The van der Waals surface area contributed by atoms with Gasteiger partial charge in [-0.1, -0.05) is 35.3 Å². The molecule has 0 spiro atoms. The van der Waals surface area contributed by atoms with Gasteiger partial charge in [-0.05, 0) is 55.8 Å². The molecule has 0 aromatic heterocycles. The summed E-state index contributed by atoms with van der Waals surface area (Å²) in [5.74, 6) is 0.198. The maximum Gasteiger partial charge on any atom is 0.265 e. The highest BCUT2D eigenvalue weighted by molar-refractivity contribution is 9.10. The number of hydrogen-bond acceptors (Lipinski definition) is 4. The van der Waals surface area contributed by atoms with Crippen LogP contribution in [-0.4, -0.2) is 27.0 Å². The van der Waals surface area contributed by atoms with Crippen molar-refractivity contribution < 1.29 is 17.9 Å². The second kappa shape index (κ2) is 9.87. The van der Waals surface area contributed by atoms with E-state index in [9.17, 15) is 13.2 Å². The van der Waals surface area contributed by atoms with Crippen LogP contribution in [0.1, 0.15) is 26.7 Å². The molecule has 6 nitrogen and oxygen atoms in total. The number of nitrogens with one attached hydrogen (secondary N) is 2. The Kier molecular flexibility index (Phi) is 7.82. The third-order valence-electron chi connectivity index (χ3n) is 3.73. The van der Waals surface area contributed by atoms with Crippen molar-refractivity contribution in [3.63, 3.8) is 0 Å². The molecule has 8 heteroatoms. The van der Waals surface area contributed by atoms with Gasteiger partial charge < -0.3 is 10.1 Å². The summed E-state index contributed by atoms with van der Waals surface area (Å²) in [6.07, 6.45) is 0.921. The molecule has 1 atom stereocenters. The number of anilines is 1. The maximum absolute atomic E-state index is 12.3. The molecule has 0 radical (unpaired) electrons. The van der Waals surface area contributed by atoms with Crippen molar-refractivity contribution in [2.24, 2.45) is 0 Å². The smallest absolute Gasteiger partial charge is 0.265 e. The zero-order valence-electron chi connectivity index (χ0n) is 15.2. The molecule has 0 heterocycles. The van der Waals surface area contributed by atoms with Gasteiger partial charge in [-0.3, -0.25) is 4.79 Å². The van der Waals surface area contributed by atoms with Crippen LogP contribution in [0.4, 0.5) is 5.69 Å². The minimum absolute atomic E-state index is 0.109. The van der Waals surface area contributed by atoms with E-state index in [2.05, 4.69) is 26.0 Å². The average molecular weight is 455 g/mol. The summed E-state index contributed by atoms with van der Waals surface area (Å²) >= 11 is 3.34. The average Bonchev–Trinajstić information content (AvgIpc) is 2.64.